The summed E-state index contributed by atoms with van der Waals surface area (Å²) in [7, 11) is 1.64. The lowest BCUT2D eigenvalue weighted by atomic mass is 9.92. The maximum Gasteiger partial charge on any atom is 0.324 e. The van der Waals surface area contributed by atoms with E-state index in [1.807, 2.05) is 20.8 Å². The van der Waals surface area contributed by atoms with Gasteiger partial charge in [-0.15, -0.1) is 0 Å². The van der Waals surface area contributed by atoms with E-state index in [4.69, 9.17) is 27.9 Å². The minimum absolute atomic E-state index is 0.0159. The van der Waals surface area contributed by atoms with E-state index < -0.39 is 17.9 Å². The van der Waals surface area contributed by atoms with Gasteiger partial charge in [-0.05, 0) is 43.0 Å². The molecule has 2 unspecified atom stereocenters. The zero-order valence-corrected chi connectivity index (χ0v) is 18.6. The SMILES string of the molecule is CC(C)c1cc(Oc2c(Cl)cc(C3CC(C)N(C)C(=O)NC3=O)cc2Cl)c[nH]c1=O. The average Bonchev–Trinajstić information content (AvgIpc) is 2.77. The van der Waals surface area contributed by atoms with Gasteiger partial charge in [0.15, 0.2) is 5.75 Å². The first kappa shape index (κ1) is 22.2. The van der Waals surface area contributed by atoms with E-state index in [-0.39, 0.29) is 33.3 Å². The summed E-state index contributed by atoms with van der Waals surface area (Å²) in [4.78, 5) is 40.6. The summed E-state index contributed by atoms with van der Waals surface area (Å²) in [6.07, 6.45) is 1.87. The molecule has 2 atom stereocenters. The molecule has 30 heavy (non-hydrogen) atoms. The molecule has 0 radical (unpaired) electrons. The van der Waals surface area contributed by atoms with Crippen LogP contribution in [0.15, 0.2) is 29.2 Å². The zero-order valence-electron chi connectivity index (χ0n) is 17.1. The molecule has 0 spiro atoms. The lowest BCUT2D eigenvalue weighted by Crippen LogP contribution is -2.41. The number of imide groups is 1. The number of benzene rings is 1. The van der Waals surface area contributed by atoms with Gasteiger partial charge in [0.1, 0.15) is 5.75 Å². The van der Waals surface area contributed by atoms with Crippen molar-refractivity contribution in [2.75, 3.05) is 7.05 Å². The summed E-state index contributed by atoms with van der Waals surface area (Å²) in [5.41, 5.74) is 0.987. The van der Waals surface area contributed by atoms with Gasteiger partial charge in [-0.2, -0.15) is 0 Å². The number of nitrogens with one attached hydrogen (secondary N) is 2. The van der Waals surface area contributed by atoms with E-state index >= 15 is 0 Å². The van der Waals surface area contributed by atoms with Gasteiger partial charge in [-0.3, -0.25) is 14.9 Å². The Morgan fingerprint density at radius 2 is 1.77 bits per heavy atom. The topological polar surface area (TPSA) is 91.5 Å². The number of halogens is 2. The van der Waals surface area contributed by atoms with Crippen molar-refractivity contribution in [3.05, 3.63) is 55.9 Å². The van der Waals surface area contributed by atoms with Gasteiger partial charge >= 0.3 is 6.03 Å². The third-order valence-corrected chi connectivity index (χ3v) is 5.84. The zero-order chi connectivity index (χ0) is 22.2. The van der Waals surface area contributed by atoms with Crippen LogP contribution in [0.2, 0.25) is 10.0 Å². The molecule has 0 bridgehead atoms. The summed E-state index contributed by atoms with van der Waals surface area (Å²) in [6, 6.07) is 4.29. The molecule has 1 aliphatic rings. The highest BCUT2D eigenvalue weighted by Crippen LogP contribution is 2.40. The van der Waals surface area contributed by atoms with Gasteiger partial charge in [-0.1, -0.05) is 37.0 Å². The third kappa shape index (κ3) is 4.47. The summed E-state index contributed by atoms with van der Waals surface area (Å²) >= 11 is 12.9. The van der Waals surface area contributed by atoms with Crippen LogP contribution in [0.4, 0.5) is 4.79 Å². The van der Waals surface area contributed by atoms with E-state index in [9.17, 15) is 14.4 Å². The second kappa shape index (κ2) is 8.70. The average molecular weight is 452 g/mol. The second-order valence-electron chi connectivity index (χ2n) is 7.73. The molecule has 160 valence electrons. The Hall–Kier alpha value is -2.51. The van der Waals surface area contributed by atoms with Crippen LogP contribution in [-0.4, -0.2) is 34.9 Å². The highest BCUT2D eigenvalue weighted by atomic mass is 35.5. The molecule has 7 nitrogen and oxygen atoms in total. The molecule has 3 amide bonds. The third-order valence-electron chi connectivity index (χ3n) is 5.28. The van der Waals surface area contributed by atoms with E-state index in [1.54, 1.807) is 25.2 Å². The van der Waals surface area contributed by atoms with E-state index in [0.717, 1.165) is 0 Å². The van der Waals surface area contributed by atoms with Crippen molar-refractivity contribution >= 4 is 35.1 Å². The fourth-order valence-electron chi connectivity index (χ4n) is 3.34. The van der Waals surface area contributed by atoms with Gasteiger partial charge in [-0.25, -0.2) is 4.79 Å². The summed E-state index contributed by atoms with van der Waals surface area (Å²) in [5, 5.41) is 2.83. The van der Waals surface area contributed by atoms with Crippen LogP contribution < -0.4 is 15.6 Å². The number of hydrogen-bond donors (Lipinski definition) is 2. The molecule has 0 saturated carbocycles. The highest BCUT2D eigenvalue weighted by molar-refractivity contribution is 6.37. The predicted octanol–water partition coefficient (Wildman–Crippen LogP) is 4.64. The van der Waals surface area contributed by atoms with E-state index in [0.29, 0.717) is 23.3 Å². The van der Waals surface area contributed by atoms with Gasteiger partial charge in [0.25, 0.3) is 5.56 Å². The maximum absolute atomic E-state index is 12.5. The molecule has 9 heteroatoms. The number of nitrogens with zero attached hydrogens (tertiary/aromatic N) is 1. The van der Waals surface area contributed by atoms with Crippen LogP contribution in [0.5, 0.6) is 11.5 Å². The molecule has 1 aromatic carbocycles. The second-order valence-corrected chi connectivity index (χ2v) is 8.55. The quantitative estimate of drug-likeness (QED) is 0.707. The van der Waals surface area contributed by atoms with Crippen LogP contribution >= 0.6 is 23.2 Å². The molecule has 1 saturated heterocycles. The Kier molecular flexibility index (Phi) is 6.43. The first-order valence-corrected chi connectivity index (χ1v) is 10.3. The van der Waals surface area contributed by atoms with Crippen molar-refractivity contribution in [3.63, 3.8) is 0 Å². The van der Waals surface area contributed by atoms with Crippen molar-refractivity contribution in [3.8, 4) is 11.5 Å². The number of hydrogen-bond acceptors (Lipinski definition) is 4. The Balaban J connectivity index is 1.93. The van der Waals surface area contributed by atoms with E-state index in [1.165, 1.54) is 11.1 Å². The normalized spacial score (nSPS) is 19.6. The number of carbonyl (C=O) groups is 2. The number of ether oxygens (including phenoxy) is 1. The van der Waals surface area contributed by atoms with Gasteiger partial charge in [0.2, 0.25) is 5.91 Å². The summed E-state index contributed by atoms with van der Waals surface area (Å²) < 4.78 is 5.84. The Bertz CT molecular complexity index is 1030. The molecule has 1 aromatic heterocycles. The van der Waals surface area contributed by atoms with Crippen molar-refractivity contribution in [1.82, 2.24) is 15.2 Å². The minimum Gasteiger partial charge on any atom is -0.453 e. The largest absolute Gasteiger partial charge is 0.453 e. The van der Waals surface area contributed by atoms with Crippen molar-refractivity contribution in [1.29, 1.82) is 0 Å². The summed E-state index contributed by atoms with van der Waals surface area (Å²) in [5.74, 6) is -0.359. The summed E-state index contributed by atoms with van der Waals surface area (Å²) in [6.45, 7) is 5.68. The first-order valence-electron chi connectivity index (χ1n) is 9.55. The predicted molar refractivity (Wildman–Crippen MR) is 116 cm³/mol. The molecular formula is C21H23Cl2N3O4. The number of carbonyl (C=O) groups excluding carboxylic acids is 2. The van der Waals surface area contributed by atoms with Crippen LogP contribution in [0.1, 0.15) is 50.2 Å². The molecule has 2 N–H and O–H groups in total. The number of aromatic amines is 1. The first-order chi connectivity index (χ1) is 14.1. The van der Waals surface area contributed by atoms with Crippen LogP contribution in [0, 0.1) is 0 Å². The highest BCUT2D eigenvalue weighted by Gasteiger charge is 2.33. The number of rotatable bonds is 4. The number of aromatic nitrogens is 1. The number of H-pyrrole nitrogens is 1. The van der Waals surface area contributed by atoms with Crippen molar-refractivity contribution in [2.24, 2.45) is 0 Å². The Morgan fingerprint density at radius 1 is 1.13 bits per heavy atom. The molecule has 3 rings (SSSR count). The lowest BCUT2D eigenvalue weighted by Gasteiger charge is -2.22. The molecule has 2 aromatic rings. The number of pyridine rings is 1. The number of urea groups is 1. The van der Waals surface area contributed by atoms with E-state index in [2.05, 4.69) is 10.3 Å². The Labute approximate surface area is 184 Å². The van der Waals surface area contributed by atoms with Crippen molar-refractivity contribution in [2.45, 2.75) is 45.1 Å². The van der Waals surface area contributed by atoms with Gasteiger partial charge in [0.05, 0.1) is 16.0 Å². The monoisotopic (exact) mass is 451 g/mol. The van der Waals surface area contributed by atoms with Crippen LogP contribution in [-0.2, 0) is 4.79 Å². The number of amides is 3. The van der Waals surface area contributed by atoms with Crippen molar-refractivity contribution < 1.29 is 14.3 Å². The molecule has 1 aliphatic heterocycles. The fraction of sp³-hybridized carbons (Fsp3) is 0.381. The molecule has 1 fully saturated rings. The van der Waals surface area contributed by atoms with Crippen LogP contribution in [0.3, 0.4) is 0 Å². The fourth-order valence-corrected chi connectivity index (χ4v) is 3.92. The molecular weight excluding hydrogens is 429 g/mol. The van der Waals surface area contributed by atoms with Gasteiger partial charge < -0.3 is 14.6 Å². The standard InChI is InChI=1S/C21H23Cl2N3O4/c1-10(2)14-8-13(9-24-19(14)27)30-18-16(22)6-12(7-17(18)23)15-5-11(3)26(4)21(29)25-20(15)28/h6-11,15H,5H2,1-4H3,(H,24,27)(H,25,28,29). The molecule has 2 heterocycles. The van der Waals surface area contributed by atoms with Crippen LogP contribution in [0.25, 0.3) is 0 Å². The molecule has 0 aliphatic carbocycles. The van der Waals surface area contributed by atoms with Gasteiger partial charge in [0, 0.05) is 24.8 Å². The lowest BCUT2D eigenvalue weighted by molar-refractivity contribution is -0.121. The smallest absolute Gasteiger partial charge is 0.324 e. The maximum atomic E-state index is 12.5. The Morgan fingerprint density at radius 3 is 2.37 bits per heavy atom. The minimum atomic E-state index is -0.585.